The van der Waals surface area contributed by atoms with Gasteiger partial charge in [0, 0.05) is 6.42 Å². The number of carbonyl (C=O) groups is 1. The first kappa shape index (κ1) is 12.3. The van der Waals surface area contributed by atoms with Crippen LogP contribution in [-0.4, -0.2) is 21.3 Å². The normalized spacial score (nSPS) is 12.3. The number of rotatable bonds is 5. The van der Waals surface area contributed by atoms with Crippen molar-refractivity contribution in [1.29, 1.82) is 0 Å². The van der Waals surface area contributed by atoms with Crippen molar-refractivity contribution in [3.05, 3.63) is 47.7 Å². The fourth-order valence-electron chi connectivity index (χ4n) is 1.64. The van der Waals surface area contributed by atoms with Gasteiger partial charge in [0.05, 0.1) is 12.3 Å². The second kappa shape index (κ2) is 5.44. The number of aryl methyl sites for hydroxylation is 1. The lowest BCUT2D eigenvalue weighted by molar-refractivity contribution is -0.137. The molecule has 0 saturated carbocycles. The predicted molar refractivity (Wildman–Crippen MR) is 64.2 cm³/mol. The van der Waals surface area contributed by atoms with E-state index in [9.17, 15) is 4.79 Å². The molecule has 0 amide bonds. The third kappa shape index (κ3) is 2.94. The van der Waals surface area contributed by atoms with E-state index in [4.69, 9.17) is 9.52 Å². The largest absolute Gasteiger partial charge is 0.481 e. The number of benzene rings is 1. The monoisotopic (exact) mass is 246 g/mol. The fraction of sp³-hybridized carbons (Fsp3) is 0.308. The second-order valence-corrected chi connectivity index (χ2v) is 4.06. The van der Waals surface area contributed by atoms with Crippen molar-refractivity contribution < 1.29 is 14.3 Å². The summed E-state index contributed by atoms with van der Waals surface area (Å²) in [5.74, 6) is 0.0277. The number of hydrogen-bond acceptors (Lipinski definition) is 4. The van der Waals surface area contributed by atoms with Crippen LogP contribution in [0.4, 0.5) is 0 Å². The first-order valence-corrected chi connectivity index (χ1v) is 5.76. The minimum Gasteiger partial charge on any atom is -0.481 e. The SMILES string of the molecule is CC(c1ccccc1)c1nnc(CCC(=O)O)o1. The molecule has 94 valence electrons. The Morgan fingerprint density at radius 3 is 2.72 bits per heavy atom. The maximum atomic E-state index is 10.4. The van der Waals surface area contributed by atoms with Crippen LogP contribution in [0.3, 0.4) is 0 Å². The van der Waals surface area contributed by atoms with E-state index in [0.29, 0.717) is 11.8 Å². The standard InChI is InChI=1S/C13H14N2O3/c1-9(10-5-3-2-4-6-10)13-15-14-11(18-13)7-8-12(16)17/h2-6,9H,7-8H2,1H3,(H,16,17). The molecule has 1 aromatic carbocycles. The van der Waals surface area contributed by atoms with Crippen LogP contribution in [0.5, 0.6) is 0 Å². The Kier molecular flexibility index (Phi) is 3.72. The van der Waals surface area contributed by atoms with Crippen molar-refractivity contribution in [3.63, 3.8) is 0 Å². The van der Waals surface area contributed by atoms with Gasteiger partial charge in [-0.3, -0.25) is 4.79 Å². The van der Waals surface area contributed by atoms with Gasteiger partial charge in [0.1, 0.15) is 0 Å². The van der Waals surface area contributed by atoms with Gasteiger partial charge in [0.25, 0.3) is 0 Å². The van der Waals surface area contributed by atoms with E-state index in [1.807, 2.05) is 37.3 Å². The van der Waals surface area contributed by atoms with E-state index >= 15 is 0 Å². The molecule has 2 aromatic rings. The summed E-state index contributed by atoms with van der Waals surface area (Å²) in [5.41, 5.74) is 1.09. The molecule has 1 N–H and O–H groups in total. The zero-order valence-corrected chi connectivity index (χ0v) is 10.0. The number of nitrogens with zero attached hydrogens (tertiary/aromatic N) is 2. The summed E-state index contributed by atoms with van der Waals surface area (Å²) in [6.45, 7) is 1.98. The Labute approximate surface area is 104 Å². The average molecular weight is 246 g/mol. The maximum Gasteiger partial charge on any atom is 0.303 e. The molecule has 1 heterocycles. The molecule has 0 spiro atoms. The Morgan fingerprint density at radius 2 is 2.06 bits per heavy atom. The number of carboxylic acids is 1. The topological polar surface area (TPSA) is 76.2 Å². The van der Waals surface area contributed by atoms with Gasteiger partial charge in [-0.05, 0) is 12.5 Å². The highest BCUT2D eigenvalue weighted by Crippen LogP contribution is 2.22. The van der Waals surface area contributed by atoms with Gasteiger partial charge >= 0.3 is 5.97 Å². The summed E-state index contributed by atoms with van der Waals surface area (Å²) in [4.78, 5) is 10.4. The average Bonchev–Trinajstić information content (AvgIpc) is 2.85. The summed E-state index contributed by atoms with van der Waals surface area (Å²) in [6.07, 6.45) is 0.269. The van der Waals surface area contributed by atoms with Crippen LogP contribution in [-0.2, 0) is 11.2 Å². The maximum absolute atomic E-state index is 10.4. The highest BCUT2D eigenvalue weighted by atomic mass is 16.4. The highest BCUT2D eigenvalue weighted by Gasteiger charge is 2.16. The van der Waals surface area contributed by atoms with Gasteiger partial charge in [-0.1, -0.05) is 30.3 Å². The van der Waals surface area contributed by atoms with Gasteiger partial charge in [0.15, 0.2) is 0 Å². The van der Waals surface area contributed by atoms with Gasteiger partial charge in [-0.25, -0.2) is 0 Å². The Bertz CT molecular complexity index is 522. The zero-order chi connectivity index (χ0) is 13.0. The molecular formula is C13H14N2O3. The predicted octanol–water partition coefficient (Wildman–Crippen LogP) is 2.24. The lowest BCUT2D eigenvalue weighted by atomic mass is 10.0. The lowest BCUT2D eigenvalue weighted by Gasteiger charge is -2.05. The van der Waals surface area contributed by atoms with Crippen molar-refractivity contribution in [2.24, 2.45) is 0 Å². The molecule has 2 rings (SSSR count). The summed E-state index contributed by atoms with van der Waals surface area (Å²) < 4.78 is 5.46. The molecule has 1 atom stereocenters. The van der Waals surface area contributed by atoms with E-state index in [1.165, 1.54) is 0 Å². The van der Waals surface area contributed by atoms with Crippen LogP contribution in [0.1, 0.15) is 36.6 Å². The lowest BCUT2D eigenvalue weighted by Crippen LogP contribution is -1.97. The third-order valence-corrected chi connectivity index (χ3v) is 2.71. The summed E-state index contributed by atoms with van der Waals surface area (Å²) >= 11 is 0. The van der Waals surface area contributed by atoms with Crippen molar-refractivity contribution in [2.75, 3.05) is 0 Å². The van der Waals surface area contributed by atoms with Gasteiger partial charge in [-0.2, -0.15) is 0 Å². The van der Waals surface area contributed by atoms with Crippen molar-refractivity contribution >= 4 is 5.97 Å². The Balaban J connectivity index is 2.08. The number of carboxylic acid groups (broad SMARTS) is 1. The molecule has 0 bridgehead atoms. The molecule has 0 radical (unpaired) electrons. The van der Waals surface area contributed by atoms with E-state index in [2.05, 4.69) is 10.2 Å². The highest BCUT2D eigenvalue weighted by molar-refractivity contribution is 5.66. The van der Waals surface area contributed by atoms with Crippen LogP contribution in [0.15, 0.2) is 34.7 Å². The molecule has 0 saturated heterocycles. The quantitative estimate of drug-likeness (QED) is 0.875. The molecule has 0 aliphatic rings. The minimum absolute atomic E-state index is 0.00134. The number of hydrogen-bond donors (Lipinski definition) is 1. The van der Waals surface area contributed by atoms with E-state index < -0.39 is 5.97 Å². The Hall–Kier alpha value is -2.17. The summed E-state index contributed by atoms with van der Waals surface area (Å²) in [7, 11) is 0. The van der Waals surface area contributed by atoms with Crippen LogP contribution in [0.2, 0.25) is 0 Å². The third-order valence-electron chi connectivity index (χ3n) is 2.71. The molecule has 5 heteroatoms. The van der Waals surface area contributed by atoms with Gasteiger partial charge in [-0.15, -0.1) is 10.2 Å². The zero-order valence-electron chi connectivity index (χ0n) is 10.0. The smallest absolute Gasteiger partial charge is 0.303 e. The van der Waals surface area contributed by atoms with Crippen LogP contribution in [0, 0.1) is 0 Å². The van der Waals surface area contributed by atoms with Crippen molar-refractivity contribution in [3.8, 4) is 0 Å². The molecular weight excluding hydrogens is 232 g/mol. The van der Waals surface area contributed by atoms with Crippen molar-refractivity contribution in [2.45, 2.75) is 25.7 Å². The van der Waals surface area contributed by atoms with Gasteiger partial charge in [0.2, 0.25) is 11.8 Å². The summed E-state index contributed by atoms with van der Waals surface area (Å²) in [5, 5.41) is 16.4. The molecule has 0 fully saturated rings. The molecule has 0 aliphatic heterocycles. The van der Waals surface area contributed by atoms with E-state index in [0.717, 1.165) is 5.56 Å². The minimum atomic E-state index is -0.870. The first-order valence-electron chi connectivity index (χ1n) is 5.76. The van der Waals surface area contributed by atoms with Crippen LogP contribution >= 0.6 is 0 Å². The first-order chi connectivity index (χ1) is 8.66. The van der Waals surface area contributed by atoms with Gasteiger partial charge < -0.3 is 9.52 Å². The fourth-order valence-corrected chi connectivity index (χ4v) is 1.64. The molecule has 18 heavy (non-hydrogen) atoms. The molecule has 5 nitrogen and oxygen atoms in total. The van der Waals surface area contributed by atoms with Crippen LogP contribution in [0.25, 0.3) is 0 Å². The molecule has 1 unspecified atom stereocenters. The van der Waals surface area contributed by atoms with Crippen LogP contribution < -0.4 is 0 Å². The Morgan fingerprint density at radius 1 is 1.33 bits per heavy atom. The summed E-state index contributed by atoms with van der Waals surface area (Å²) in [6, 6.07) is 9.83. The molecule has 1 aromatic heterocycles. The van der Waals surface area contributed by atoms with Crippen molar-refractivity contribution in [1.82, 2.24) is 10.2 Å². The number of aromatic nitrogens is 2. The number of aliphatic carboxylic acids is 1. The second-order valence-electron chi connectivity index (χ2n) is 4.06. The molecule has 0 aliphatic carbocycles. The van der Waals surface area contributed by atoms with E-state index in [1.54, 1.807) is 0 Å². The van der Waals surface area contributed by atoms with E-state index in [-0.39, 0.29) is 18.8 Å².